The van der Waals surface area contributed by atoms with E-state index in [2.05, 4.69) is 18.7 Å². The van der Waals surface area contributed by atoms with E-state index in [0.29, 0.717) is 5.56 Å². The predicted molar refractivity (Wildman–Crippen MR) is 70.3 cm³/mol. The van der Waals surface area contributed by atoms with Crippen molar-refractivity contribution in [3.05, 3.63) is 23.8 Å². The molecule has 0 fully saturated rings. The predicted octanol–water partition coefficient (Wildman–Crippen LogP) is 3.28. The molecule has 0 saturated heterocycles. The van der Waals surface area contributed by atoms with Gasteiger partial charge in [0.1, 0.15) is 11.5 Å². The minimum Gasteiger partial charge on any atom is -0.507 e. The molecule has 0 aliphatic heterocycles. The molecule has 1 aromatic rings. The van der Waals surface area contributed by atoms with Gasteiger partial charge < -0.3 is 10.2 Å². The molecule has 1 rings (SSSR count). The first-order valence-electron chi connectivity index (χ1n) is 6.36. The van der Waals surface area contributed by atoms with E-state index >= 15 is 0 Å². The maximum Gasteiger partial charge on any atom is 0.124 e. The third kappa shape index (κ3) is 3.37. The standard InChI is InChI=1S/C14H23NO2/c1-4-6-10-15(5-2)11(3)14-12(16)8-7-9-13(14)17/h7-9,11,16-17H,4-6,10H2,1-3H3. The number of hydrogen-bond acceptors (Lipinski definition) is 3. The molecular formula is C14H23NO2. The summed E-state index contributed by atoms with van der Waals surface area (Å²) in [5.41, 5.74) is 0.630. The largest absolute Gasteiger partial charge is 0.507 e. The van der Waals surface area contributed by atoms with Crippen molar-refractivity contribution in [1.29, 1.82) is 0 Å². The number of phenols is 2. The van der Waals surface area contributed by atoms with Crippen LogP contribution in [0.25, 0.3) is 0 Å². The Hall–Kier alpha value is -1.22. The fourth-order valence-electron chi connectivity index (χ4n) is 2.14. The molecule has 0 heterocycles. The molecule has 1 unspecified atom stereocenters. The fraction of sp³-hybridized carbons (Fsp3) is 0.571. The maximum absolute atomic E-state index is 9.84. The third-order valence-corrected chi connectivity index (χ3v) is 3.23. The summed E-state index contributed by atoms with van der Waals surface area (Å²) in [4.78, 5) is 2.26. The summed E-state index contributed by atoms with van der Waals surface area (Å²) in [6.07, 6.45) is 2.28. The molecule has 2 N–H and O–H groups in total. The van der Waals surface area contributed by atoms with Gasteiger partial charge in [-0.3, -0.25) is 4.90 Å². The molecule has 0 bridgehead atoms. The van der Waals surface area contributed by atoms with Gasteiger partial charge in [0.15, 0.2) is 0 Å². The Morgan fingerprint density at radius 2 is 1.76 bits per heavy atom. The van der Waals surface area contributed by atoms with Crippen LogP contribution < -0.4 is 0 Å². The normalized spacial score (nSPS) is 12.9. The van der Waals surface area contributed by atoms with Crippen LogP contribution in [0.1, 0.15) is 45.2 Å². The van der Waals surface area contributed by atoms with Crippen LogP contribution in [0.4, 0.5) is 0 Å². The van der Waals surface area contributed by atoms with Gasteiger partial charge >= 0.3 is 0 Å². The lowest BCUT2D eigenvalue weighted by Crippen LogP contribution is -2.28. The van der Waals surface area contributed by atoms with Crippen LogP contribution in [0.15, 0.2) is 18.2 Å². The van der Waals surface area contributed by atoms with Crippen molar-refractivity contribution in [3.8, 4) is 11.5 Å². The molecule has 1 aromatic carbocycles. The van der Waals surface area contributed by atoms with Crippen LogP contribution in [0.3, 0.4) is 0 Å². The van der Waals surface area contributed by atoms with Gasteiger partial charge in [0.2, 0.25) is 0 Å². The minimum atomic E-state index is 0.0350. The van der Waals surface area contributed by atoms with Gasteiger partial charge in [-0.15, -0.1) is 0 Å². The van der Waals surface area contributed by atoms with Crippen molar-refractivity contribution < 1.29 is 10.2 Å². The Morgan fingerprint density at radius 3 is 2.24 bits per heavy atom. The zero-order valence-corrected chi connectivity index (χ0v) is 11.0. The number of benzene rings is 1. The van der Waals surface area contributed by atoms with Crippen LogP contribution in [-0.4, -0.2) is 28.2 Å². The summed E-state index contributed by atoms with van der Waals surface area (Å²) in [6, 6.07) is 4.94. The molecule has 3 nitrogen and oxygen atoms in total. The summed E-state index contributed by atoms with van der Waals surface area (Å²) in [5, 5.41) is 19.7. The van der Waals surface area contributed by atoms with E-state index in [1.807, 2.05) is 6.92 Å². The molecular weight excluding hydrogens is 214 g/mol. The van der Waals surface area contributed by atoms with E-state index in [9.17, 15) is 10.2 Å². The lowest BCUT2D eigenvalue weighted by Gasteiger charge is -2.28. The average molecular weight is 237 g/mol. The summed E-state index contributed by atoms with van der Waals surface area (Å²) < 4.78 is 0. The Kier molecular flexibility index (Phi) is 5.29. The van der Waals surface area contributed by atoms with Crippen LogP contribution in [0.2, 0.25) is 0 Å². The molecule has 0 radical (unpaired) electrons. The first-order valence-corrected chi connectivity index (χ1v) is 6.36. The second-order valence-electron chi connectivity index (χ2n) is 4.37. The van der Waals surface area contributed by atoms with Crippen LogP contribution in [0.5, 0.6) is 11.5 Å². The van der Waals surface area contributed by atoms with E-state index in [4.69, 9.17) is 0 Å². The number of hydrogen-bond donors (Lipinski definition) is 2. The summed E-state index contributed by atoms with van der Waals surface area (Å²) in [5.74, 6) is 0.347. The molecule has 1 atom stereocenters. The van der Waals surface area contributed by atoms with Crippen LogP contribution >= 0.6 is 0 Å². The quantitative estimate of drug-likeness (QED) is 0.798. The van der Waals surface area contributed by atoms with Gasteiger partial charge in [-0.25, -0.2) is 0 Å². The van der Waals surface area contributed by atoms with Crippen molar-refractivity contribution in [1.82, 2.24) is 4.90 Å². The monoisotopic (exact) mass is 237 g/mol. The molecule has 0 aliphatic rings. The first kappa shape index (κ1) is 13.8. The van der Waals surface area contributed by atoms with Gasteiger partial charge in [-0.1, -0.05) is 26.3 Å². The van der Waals surface area contributed by atoms with Crippen molar-refractivity contribution in [2.24, 2.45) is 0 Å². The van der Waals surface area contributed by atoms with Crippen molar-refractivity contribution in [2.45, 2.75) is 39.7 Å². The lowest BCUT2D eigenvalue weighted by molar-refractivity contribution is 0.211. The van der Waals surface area contributed by atoms with Gasteiger partial charge in [0, 0.05) is 6.04 Å². The lowest BCUT2D eigenvalue weighted by atomic mass is 10.0. The van der Waals surface area contributed by atoms with E-state index in [0.717, 1.165) is 25.9 Å². The molecule has 0 aromatic heterocycles. The molecule has 96 valence electrons. The van der Waals surface area contributed by atoms with Crippen molar-refractivity contribution >= 4 is 0 Å². The number of nitrogens with zero attached hydrogens (tertiary/aromatic N) is 1. The van der Waals surface area contributed by atoms with E-state index in [1.165, 1.54) is 0 Å². The zero-order chi connectivity index (χ0) is 12.8. The Labute approximate surface area is 104 Å². The van der Waals surface area contributed by atoms with E-state index in [-0.39, 0.29) is 17.5 Å². The average Bonchev–Trinajstić information content (AvgIpc) is 2.30. The van der Waals surface area contributed by atoms with Gasteiger partial charge in [-0.2, -0.15) is 0 Å². The molecule has 0 aliphatic carbocycles. The number of rotatable bonds is 6. The van der Waals surface area contributed by atoms with Crippen LogP contribution in [-0.2, 0) is 0 Å². The molecule has 17 heavy (non-hydrogen) atoms. The summed E-state index contributed by atoms with van der Waals surface area (Å²) >= 11 is 0. The fourth-order valence-corrected chi connectivity index (χ4v) is 2.14. The second kappa shape index (κ2) is 6.50. The number of aromatic hydroxyl groups is 2. The highest BCUT2D eigenvalue weighted by Crippen LogP contribution is 2.35. The third-order valence-electron chi connectivity index (χ3n) is 3.23. The molecule has 3 heteroatoms. The van der Waals surface area contributed by atoms with Crippen molar-refractivity contribution in [3.63, 3.8) is 0 Å². The first-order chi connectivity index (χ1) is 8.11. The van der Waals surface area contributed by atoms with E-state index in [1.54, 1.807) is 18.2 Å². The smallest absolute Gasteiger partial charge is 0.124 e. The highest BCUT2D eigenvalue weighted by molar-refractivity contribution is 5.44. The molecule has 0 amide bonds. The Bertz CT molecular complexity index is 332. The SMILES string of the molecule is CCCCN(CC)C(C)c1c(O)cccc1O. The second-order valence-corrected chi connectivity index (χ2v) is 4.37. The highest BCUT2D eigenvalue weighted by atomic mass is 16.3. The summed E-state index contributed by atoms with van der Waals surface area (Å²) in [7, 11) is 0. The highest BCUT2D eigenvalue weighted by Gasteiger charge is 2.20. The van der Waals surface area contributed by atoms with Crippen LogP contribution in [0, 0.1) is 0 Å². The zero-order valence-electron chi connectivity index (χ0n) is 11.0. The van der Waals surface area contributed by atoms with Gasteiger partial charge in [0.05, 0.1) is 5.56 Å². The number of unbranched alkanes of at least 4 members (excludes halogenated alkanes) is 1. The van der Waals surface area contributed by atoms with Gasteiger partial charge in [0.25, 0.3) is 0 Å². The Morgan fingerprint density at radius 1 is 1.18 bits per heavy atom. The summed E-state index contributed by atoms with van der Waals surface area (Å²) in [6.45, 7) is 8.18. The van der Waals surface area contributed by atoms with Crippen molar-refractivity contribution in [2.75, 3.05) is 13.1 Å². The number of phenolic OH excluding ortho intramolecular Hbond substituents is 2. The molecule has 0 spiro atoms. The topological polar surface area (TPSA) is 43.7 Å². The van der Waals surface area contributed by atoms with Gasteiger partial charge in [-0.05, 0) is 38.6 Å². The minimum absolute atomic E-state index is 0.0350. The molecule has 0 saturated carbocycles. The maximum atomic E-state index is 9.84. The Balaban J connectivity index is 2.89. The van der Waals surface area contributed by atoms with E-state index < -0.39 is 0 Å².